The van der Waals surface area contributed by atoms with Crippen LogP contribution in [-0.2, 0) is 0 Å². The fourth-order valence-electron chi connectivity index (χ4n) is 0.598. The maximum absolute atomic E-state index is 10.9. The molecule has 1 rings (SSSR count). The summed E-state index contributed by atoms with van der Waals surface area (Å²) >= 11 is 0.680. The van der Waals surface area contributed by atoms with Gasteiger partial charge in [0, 0.05) is 7.05 Å². The van der Waals surface area contributed by atoms with Crippen molar-refractivity contribution in [3.63, 3.8) is 0 Å². The van der Waals surface area contributed by atoms with Gasteiger partial charge in [0.2, 0.25) is 0 Å². The first kappa shape index (κ1) is 8.60. The standard InChI is InChI=1S/C5H5N3O3S/c1-6-4(9)2-3(5(10)11)12-8-7-2/h1H3,(H,6,9)(H,10,11). The molecule has 0 aliphatic heterocycles. The van der Waals surface area contributed by atoms with E-state index in [2.05, 4.69) is 14.9 Å². The van der Waals surface area contributed by atoms with E-state index in [0.717, 1.165) is 0 Å². The van der Waals surface area contributed by atoms with Gasteiger partial charge in [-0.1, -0.05) is 4.49 Å². The third kappa shape index (κ3) is 1.40. The summed E-state index contributed by atoms with van der Waals surface area (Å²) in [6.45, 7) is 0. The van der Waals surface area contributed by atoms with Gasteiger partial charge in [0.25, 0.3) is 5.91 Å². The minimum Gasteiger partial charge on any atom is -0.477 e. The number of amides is 1. The summed E-state index contributed by atoms with van der Waals surface area (Å²) in [5.74, 6) is -1.73. The van der Waals surface area contributed by atoms with Gasteiger partial charge in [0.1, 0.15) is 0 Å². The maximum Gasteiger partial charge on any atom is 0.350 e. The van der Waals surface area contributed by atoms with Gasteiger partial charge < -0.3 is 10.4 Å². The van der Waals surface area contributed by atoms with Crippen molar-refractivity contribution in [1.82, 2.24) is 14.9 Å². The first-order valence-corrected chi connectivity index (χ1v) is 3.72. The van der Waals surface area contributed by atoms with Crippen molar-refractivity contribution >= 4 is 23.4 Å². The molecule has 64 valence electrons. The highest BCUT2D eigenvalue weighted by Crippen LogP contribution is 2.09. The number of aromatic carboxylic acids is 1. The lowest BCUT2D eigenvalue weighted by atomic mass is 10.3. The number of carbonyl (C=O) groups is 2. The van der Waals surface area contributed by atoms with E-state index in [0.29, 0.717) is 11.5 Å². The Hall–Kier alpha value is -1.50. The maximum atomic E-state index is 10.9. The van der Waals surface area contributed by atoms with Crippen LogP contribution in [0.5, 0.6) is 0 Å². The lowest BCUT2D eigenvalue weighted by molar-refractivity contribution is 0.0696. The second-order valence-corrected chi connectivity index (χ2v) is 2.59. The molecule has 0 spiro atoms. The van der Waals surface area contributed by atoms with Crippen LogP contribution in [0.1, 0.15) is 20.2 Å². The van der Waals surface area contributed by atoms with Crippen LogP contribution in [0, 0.1) is 0 Å². The van der Waals surface area contributed by atoms with Gasteiger partial charge in [0.05, 0.1) is 0 Å². The van der Waals surface area contributed by atoms with Crippen LogP contribution in [0.25, 0.3) is 0 Å². The second-order valence-electron chi connectivity index (χ2n) is 1.83. The Morgan fingerprint density at radius 2 is 2.25 bits per heavy atom. The molecule has 1 amide bonds. The van der Waals surface area contributed by atoms with E-state index in [1.165, 1.54) is 7.05 Å². The molecule has 1 heterocycles. The van der Waals surface area contributed by atoms with Crippen LogP contribution in [0.3, 0.4) is 0 Å². The lowest BCUT2D eigenvalue weighted by Gasteiger charge is -1.93. The summed E-state index contributed by atoms with van der Waals surface area (Å²) in [5.41, 5.74) is -0.144. The van der Waals surface area contributed by atoms with Gasteiger partial charge in [-0.15, -0.1) is 5.10 Å². The van der Waals surface area contributed by atoms with E-state index in [4.69, 9.17) is 5.11 Å². The van der Waals surface area contributed by atoms with E-state index in [9.17, 15) is 9.59 Å². The van der Waals surface area contributed by atoms with Crippen LogP contribution in [0.4, 0.5) is 0 Å². The predicted molar refractivity (Wildman–Crippen MR) is 40.3 cm³/mol. The Balaban J connectivity index is 3.07. The average Bonchev–Trinajstić information content (AvgIpc) is 2.50. The highest BCUT2D eigenvalue weighted by molar-refractivity contribution is 7.08. The van der Waals surface area contributed by atoms with Crippen molar-refractivity contribution in [1.29, 1.82) is 0 Å². The number of carboxylic acid groups (broad SMARTS) is 1. The van der Waals surface area contributed by atoms with Crippen LogP contribution < -0.4 is 5.32 Å². The zero-order valence-electron chi connectivity index (χ0n) is 6.07. The number of aromatic nitrogens is 2. The largest absolute Gasteiger partial charge is 0.477 e. The van der Waals surface area contributed by atoms with Gasteiger partial charge in [-0.05, 0) is 11.5 Å². The molecule has 0 unspecified atom stereocenters. The number of nitrogens with one attached hydrogen (secondary N) is 1. The Morgan fingerprint density at radius 3 is 2.75 bits per heavy atom. The summed E-state index contributed by atoms with van der Waals surface area (Å²) in [4.78, 5) is 21.2. The molecule has 0 aromatic carbocycles. The quantitative estimate of drug-likeness (QED) is 0.657. The van der Waals surface area contributed by atoms with Gasteiger partial charge >= 0.3 is 5.97 Å². The first-order valence-electron chi connectivity index (χ1n) is 2.94. The molecule has 0 bridgehead atoms. The van der Waals surface area contributed by atoms with Crippen molar-refractivity contribution in [3.8, 4) is 0 Å². The van der Waals surface area contributed by atoms with Crippen molar-refractivity contribution < 1.29 is 14.7 Å². The van der Waals surface area contributed by atoms with E-state index in [1.54, 1.807) is 0 Å². The minimum absolute atomic E-state index is 0.144. The van der Waals surface area contributed by atoms with Crippen molar-refractivity contribution in [2.24, 2.45) is 0 Å². The summed E-state index contributed by atoms with van der Waals surface area (Å²) in [5, 5.41) is 14.2. The number of carbonyl (C=O) groups excluding carboxylic acids is 1. The number of nitrogens with zero attached hydrogens (tertiary/aromatic N) is 2. The van der Waals surface area contributed by atoms with Gasteiger partial charge in [-0.3, -0.25) is 4.79 Å². The van der Waals surface area contributed by atoms with E-state index in [-0.39, 0.29) is 10.6 Å². The second kappa shape index (κ2) is 3.26. The topological polar surface area (TPSA) is 92.2 Å². The van der Waals surface area contributed by atoms with Gasteiger partial charge in [0.15, 0.2) is 10.6 Å². The highest BCUT2D eigenvalue weighted by atomic mass is 32.1. The minimum atomic E-state index is -1.19. The normalized spacial score (nSPS) is 9.42. The molecule has 0 atom stereocenters. The Bertz CT molecular complexity index is 321. The molecule has 0 aliphatic rings. The molecule has 12 heavy (non-hydrogen) atoms. The number of rotatable bonds is 2. The molecule has 0 radical (unpaired) electrons. The summed E-state index contributed by atoms with van der Waals surface area (Å²) < 4.78 is 3.36. The summed E-state index contributed by atoms with van der Waals surface area (Å²) in [6, 6.07) is 0. The molecule has 0 aliphatic carbocycles. The zero-order valence-corrected chi connectivity index (χ0v) is 6.88. The Morgan fingerprint density at radius 1 is 1.58 bits per heavy atom. The number of hydrogen-bond acceptors (Lipinski definition) is 5. The van der Waals surface area contributed by atoms with E-state index < -0.39 is 11.9 Å². The average molecular weight is 187 g/mol. The van der Waals surface area contributed by atoms with Gasteiger partial charge in [-0.2, -0.15) is 0 Å². The molecule has 0 saturated heterocycles. The fraction of sp³-hybridized carbons (Fsp3) is 0.200. The van der Waals surface area contributed by atoms with Crippen molar-refractivity contribution in [2.75, 3.05) is 7.05 Å². The molecule has 1 aromatic rings. The van der Waals surface area contributed by atoms with Crippen LogP contribution >= 0.6 is 11.5 Å². The molecule has 2 N–H and O–H groups in total. The molecular formula is C5H5N3O3S. The fourth-order valence-corrected chi connectivity index (χ4v) is 1.10. The SMILES string of the molecule is CNC(=O)c1nnsc1C(=O)O. The Labute approximate surface area is 71.4 Å². The van der Waals surface area contributed by atoms with E-state index >= 15 is 0 Å². The molecular weight excluding hydrogens is 182 g/mol. The molecule has 0 fully saturated rings. The lowest BCUT2D eigenvalue weighted by Crippen LogP contribution is -2.20. The Kier molecular flexibility index (Phi) is 2.34. The van der Waals surface area contributed by atoms with Crippen molar-refractivity contribution in [2.45, 2.75) is 0 Å². The van der Waals surface area contributed by atoms with Crippen LogP contribution in [-0.4, -0.2) is 33.6 Å². The van der Waals surface area contributed by atoms with Crippen molar-refractivity contribution in [3.05, 3.63) is 10.6 Å². The number of carboxylic acids is 1. The van der Waals surface area contributed by atoms with E-state index in [1.807, 2.05) is 0 Å². The third-order valence-electron chi connectivity index (χ3n) is 1.12. The smallest absolute Gasteiger partial charge is 0.350 e. The first-order chi connectivity index (χ1) is 5.66. The van der Waals surface area contributed by atoms with Crippen LogP contribution in [0.15, 0.2) is 0 Å². The van der Waals surface area contributed by atoms with Gasteiger partial charge in [-0.25, -0.2) is 4.79 Å². The third-order valence-corrected chi connectivity index (χ3v) is 1.84. The predicted octanol–water partition coefficient (Wildman–Crippen LogP) is -0.404. The zero-order chi connectivity index (χ0) is 9.14. The summed E-state index contributed by atoms with van der Waals surface area (Å²) in [7, 11) is 1.40. The van der Waals surface area contributed by atoms with Crippen LogP contribution in [0.2, 0.25) is 0 Å². The monoisotopic (exact) mass is 187 g/mol. The summed E-state index contributed by atoms with van der Waals surface area (Å²) in [6.07, 6.45) is 0. The molecule has 1 aromatic heterocycles. The highest BCUT2D eigenvalue weighted by Gasteiger charge is 2.20. The number of hydrogen-bond donors (Lipinski definition) is 2. The molecule has 6 nitrogen and oxygen atoms in total. The molecule has 0 saturated carbocycles. The molecule has 7 heteroatoms.